The third-order valence-electron chi connectivity index (χ3n) is 5.09. The van der Waals surface area contributed by atoms with E-state index in [1.54, 1.807) is 10.6 Å². The molecule has 1 aliphatic heterocycles. The molecule has 2 aromatic heterocycles. The SMILES string of the molecule is NCCCC/C=C/CO[C@H]1C[C@H](n2cnc3c(N)ncnc32)O[C@@H]1COP(=O)(O)OP(=O)(O)OP(=O)(O)O. The first-order chi connectivity index (χ1) is 17.8. The number of rotatable bonds is 15. The predicted octanol–water partition coefficient (Wildman–Crippen LogP) is 1.11. The molecular formula is C17H29N6O12P3. The molecule has 0 spiro atoms. The lowest BCUT2D eigenvalue weighted by Crippen LogP contribution is -2.29. The molecule has 2 unspecified atom stereocenters. The number of hydrogen-bond acceptors (Lipinski definition) is 13. The minimum atomic E-state index is -5.66. The van der Waals surface area contributed by atoms with E-state index in [9.17, 15) is 23.5 Å². The molecule has 38 heavy (non-hydrogen) atoms. The Labute approximate surface area is 216 Å². The molecule has 2 aromatic rings. The highest BCUT2D eigenvalue weighted by molar-refractivity contribution is 7.66. The van der Waals surface area contributed by atoms with Gasteiger partial charge in [0.2, 0.25) is 0 Å². The number of nitrogen functional groups attached to an aromatic ring is 1. The van der Waals surface area contributed by atoms with Crippen LogP contribution in [0.2, 0.25) is 0 Å². The number of phosphoric ester groups is 1. The van der Waals surface area contributed by atoms with Gasteiger partial charge in [-0.2, -0.15) is 8.62 Å². The van der Waals surface area contributed by atoms with Crippen LogP contribution in [0.25, 0.3) is 11.2 Å². The lowest BCUT2D eigenvalue weighted by atomic mass is 10.2. The van der Waals surface area contributed by atoms with Crippen LogP contribution in [0.1, 0.15) is 31.9 Å². The zero-order valence-electron chi connectivity index (χ0n) is 19.8. The number of imidazole rings is 1. The quantitative estimate of drug-likeness (QED) is 0.0946. The Morgan fingerprint density at radius 1 is 1.08 bits per heavy atom. The van der Waals surface area contributed by atoms with Crippen molar-refractivity contribution in [3.63, 3.8) is 0 Å². The fraction of sp³-hybridized carbons (Fsp3) is 0.588. The second-order valence-corrected chi connectivity index (χ2v) is 12.4. The summed E-state index contributed by atoms with van der Waals surface area (Å²) in [6.07, 6.45) is 6.83. The van der Waals surface area contributed by atoms with Gasteiger partial charge in [0, 0.05) is 6.42 Å². The second-order valence-electron chi connectivity index (χ2n) is 7.96. The Hall–Kier alpha value is -1.62. The van der Waals surface area contributed by atoms with Crippen molar-refractivity contribution in [3.8, 4) is 0 Å². The average molecular weight is 602 g/mol. The number of anilines is 1. The van der Waals surface area contributed by atoms with Gasteiger partial charge in [-0.3, -0.25) is 9.09 Å². The molecule has 3 rings (SSSR count). The molecule has 21 heteroatoms. The minimum Gasteiger partial charge on any atom is -0.382 e. The number of phosphoric acid groups is 3. The van der Waals surface area contributed by atoms with Crippen LogP contribution in [-0.4, -0.2) is 71.1 Å². The summed E-state index contributed by atoms with van der Waals surface area (Å²) in [6.45, 7) is 0.103. The number of fused-ring (bicyclic) bond motifs is 1. The fourth-order valence-corrected chi connectivity index (χ4v) is 6.55. The van der Waals surface area contributed by atoms with Gasteiger partial charge in [0.15, 0.2) is 11.5 Å². The van der Waals surface area contributed by atoms with Crippen LogP contribution in [0.3, 0.4) is 0 Å². The van der Waals surface area contributed by atoms with Crippen molar-refractivity contribution in [2.24, 2.45) is 5.73 Å². The van der Waals surface area contributed by atoms with Crippen molar-refractivity contribution in [1.29, 1.82) is 0 Å². The summed E-state index contributed by atoms with van der Waals surface area (Å²) in [5, 5.41) is 0. The van der Waals surface area contributed by atoms with Gasteiger partial charge in [0.05, 0.1) is 25.6 Å². The van der Waals surface area contributed by atoms with Crippen molar-refractivity contribution >= 4 is 40.4 Å². The molecule has 0 amide bonds. The first-order valence-electron chi connectivity index (χ1n) is 11.1. The minimum absolute atomic E-state index is 0.156. The number of aromatic nitrogens is 4. The number of unbranched alkanes of at least 4 members (excludes halogenated alkanes) is 2. The average Bonchev–Trinajstić information content (AvgIpc) is 3.39. The number of hydrogen-bond donors (Lipinski definition) is 6. The van der Waals surface area contributed by atoms with E-state index in [2.05, 4.69) is 23.6 Å². The van der Waals surface area contributed by atoms with Gasteiger partial charge in [-0.25, -0.2) is 28.6 Å². The van der Waals surface area contributed by atoms with Crippen LogP contribution in [0, 0.1) is 0 Å². The van der Waals surface area contributed by atoms with Crippen LogP contribution in [-0.2, 0) is 36.3 Å². The lowest BCUT2D eigenvalue weighted by molar-refractivity contribution is -0.0551. The lowest BCUT2D eigenvalue weighted by Gasteiger charge is -2.21. The Morgan fingerprint density at radius 2 is 1.84 bits per heavy atom. The maximum atomic E-state index is 12.2. The number of ether oxygens (including phenoxy) is 2. The van der Waals surface area contributed by atoms with E-state index in [0.717, 1.165) is 19.3 Å². The summed E-state index contributed by atoms with van der Waals surface area (Å²) in [5.74, 6) is 0.156. The summed E-state index contributed by atoms with van der Waals surface area (Å²) in [7, 11) is -16.5. The van der Waals surface area contributed by atoms with Crippen LogP contribution < -0.4 is 11.5 Å². The molecule has 1 saturated heterocycles. The van der Waals surface area contributed by atoms with Crippen molar-refractivity contribution in [3.05, 3.63) is 24.8 Å². The van der Waals surface area contributed by atoms with E-state index < -0.39 is 48.5 Å². The molecular weight excluding hydrogens is 573 g/mol. The predicted molar refractivity (Wildman–Crippen MR) is 130 cm³/mol. The normalized spacial score (nSPS) is 23.7. The zero-order chi connectivity index (χ0) is 28.0. The molecule has 1 fully saturated rings. The summed E-state index contributed by atoms with van der Waals surface area (Å²) in [4.78, 5) is 48.7. The summed E-state index contributed by atoms with van der Waals surface area (Å²) >= 11 is 0. The number of nitrogens with two attached hydrogens (primary N) is 2. The maximum absolute atomic E-state index is 12.2. The third-order valence-corrected chi connectivity index (χ3v) is 8.90. The Morgan fingerprint density at radius 3 is 2.55 bits per heavy atom. The van der Waals surface area contributed by atoms with Crippen LogP contribution in [0.15, 0.2) is 24.8 Å². The van der Waals surface area contributed by atoms with E-state index in [1.807, 2.05) is 6.08 Å². The van der Waals surface area contributed by atoms with Gasteiger partial charge >= 0.3 is 23.5 Å². The van der Waals surface area contributed by atoms with E-state index in [0.29, 0.717) is 17.7 Å². The van der Waals surface area contributed by atoms with Gasteiger partial charge in [-0.15, -0.1) is 0 Å². The van der Waals surface area contributed by atoms with E-state index in [-0.39, 0.29) is 18.8 Å². The van der Waals surface area contributed by atoms with Crippen molar-refractivity contribution < 1.29 is 55.9 Å². The maximum Gasteiger partial charge on any atom is 0.490 e. The van der Waals surface area contributed by atoms with Crippen molar-refractivity contribution in [1.82, 2.24) is 19.5 Å². The Bertz CT molecular complexity index is 1250. The molecule has 0 aromatic carbocycles. The largest absolute Gasteiger partial charge is 0.490 e. The van der Waals surface area contributed by atoms with E-state index in [1.165, 1.54) is 12.7 Å². The highest BCUT2D eigenvalue weighted by atomic mass is 31.3. The van der Waals surface area contributed by atoms with Crippen molar-refractivity contribution in [2.75, 3.05) is 25.5 Å². The van der Waals surface area contributed by atoms with Gasteiger partial charge in [0.1, 0.15) is 24.2 Å². The molecule has 0 radical (unpaired) electrons. The van der Waals surface area contributed by atoms with Gasteiger partial charge in [-0.1, -0.05) is 12.2 Å². The van der Waals surface area contributed by atoms with Gasteiger partial charge < -0.3 is 40.5 Å². The topological polar surface area (TPSA) is 274 Å². The monoisotopic (exact) mass is 602 g/mol. The first kappa shape index (κ1) is 30.9. The van der Waals surface area contributed by atoms with E-state index >= 15 is 0 Å². The highest BCUT2D eigenvalue weighted by Gasteiger charge is 2.43. The standard InChI is InChI=1S/C17H29N6O12P3/c18-6-4-2-1-3-5-7-31-12-8-14(23-11-22-15-16(19)20-10-21-17(15)23)33-13(12)9-32-37(27,28)35-38(29,30)34-36(24,25)26/h3,5,10-14H,1-2,4,6-9,18H2,(H,27,28)(H,29,30)(H2,19,20,21)(H2,24,25,26)/b5-3+/t12-,13+,14+/m0/s1. The van der Waals surface area contributed by atoms with Crippen molar-refractivity contribution in [2.45, 2.75) is 44.1 Å². The fourth-order valence-electron chi connectivity index (χ4n) is 3.52. The summed E-state index contributed by atoms with van der Waals surface area (Å²) in [5.41, 5.74) is 12.0. The molecule has 0 bridgehead atoms. The highest BCUT2D eigenvalue weighted by Crippen LogP contribution is 2.66. The van der Waals surface area contributed by atoms with Gasteiger partial charge in [-0.05, 0) is 25.8 Å². The zero-order valence-corrected chi connectivity index (χ0v) is 22.5. The first-order valence-corrected chi connectivity index (χ1v) is 15.7. The molecule has 18 nitrogen and oxygen atoms in total. The Kier molecular flexibility index (Phi) is 10.7. The third kappa shape index (κ3) is 9.24. The van der Waals surface area contributed by atoms with Crippen LogP contribution >= 0.6 is 23.5 Å². The summed E-state index contributed by atoms with van der Waals surface area (Å²) in [6, 6.07) is 0. The molecule has 0 aliphatic carbocycles. The molecule has 5 atom stereocenters. The molecule has 8 N–H and O–H groups in total. The van der Waals surface area contributed by atoms with Gasteiger partial charge in [0.25, 0.3) is 0 Å². The van der Waals surface area contributed by atoms with E-state index in [4.69, 9.17) is 35.3 Å². The smallest absolute Gasteiger partial charge is 0.382 e. The van der Waals surface area contributed by atoms with Crippen LogP contribution in [0.5, 0.6) is 0 Å². The number of nitrogens with zero attached hydrogens (tertiary/aromatic N) is 4. The van der Waals surface area contributed by atoms with Crippen LogP contribution in [0.4, 0.5) is 5.82 Å². The molecule has 214 valence electrons. The Balaban J connectivity index is 1.69. The second kappa shape index (κ2) is 13.2. The molecule has 3 heterocycles. The molecule has 1 aliphatic rings. The molecule has 0 saturated carbocycles. The summed E-state index contributed by atoms with van der Waals surface area (Å²) < 4.78 is 60.2. The number of allylic oxidation sites excluding steroid dienone is 1.